The predicted molar refractivity (Wildman–Crippen MR) is 134 cm³/mol. The third kappa shape index (κ3) is 6.52. The van der Waals surface area contributed by atoms with E-state index in [1.165, 1.54) is 18.4 Å². The Morgan fingerprint density at radius 2 is 1.85 bits per heavy atom. The zero-order valence-electron chi connectivity index (χ0n) is 20.4. The Morgan fingerprint density at radius 1 is 1.21 bits per heavy atom. The van der Waals surface area contributed by atoms with E-state index in [9.17, 15) is 13.2 Å². The fourth-order valence-corrected chi connectivity index (χ4v) is 4.74. The van der Waals surface area contributed by atoms with Gasteiger partial charge in [-0.2, -0.15) is 0 Å². The lowest BCUT2D eigenvalue weighted by molar-refractivity contribution is -0.121. The zero-order valence-corrected chi connectivity index (χ0v) is 21.2. The second-order valence-corrected chi connectivity index (χ2v) is 10.8. The molecular weight excluding hydrogens is 438 g/mol. The molecule has 33 heavy (non-hydrogen) atoms. The second kappa shape index (κ2) is 11.6. The number of sulfonamides is 1. The van der Waals surface area contributed by atoms with Crippen LogP contribution in [0.1, 0.15) is 26.1 Å². The maximum Gasteiger partial charge on any atom is 0.242 e. The summed E-state index contributed by atoms with van der Waals surface area (Å²) in [4.78, 5) is 19.6. The van der Waals surface area contributed by atoms with E-state index >= 15 is 0 Å². The van der Waals surface area contributed by atoms with Gasteiger partial charge in [-0.3, -0.25) is 9.69 Å². The van der Waals surface area contributed by atoms with Crippen LogP contribution < -0.4 is 5.32 Å². The van der Waals surface area contributed by atoms with Gasteiger partial charge in [0.2, 0.25) is 15.9 Å². The molecule has 1 N–H and O–H groups in total. The lowest BCUT2D eigenvalue weighted by Gasteiger charge is -2.33. The number of fused-ring (bicyclic) bond motifs is 1. The number of nitrogens with one attached hydrogen (secondary N) is 1. The van der Waals surface area contributed by atoms with E-state index < -0.39 is 10.0 Å². The summed E-state index contributed by atoms with van der Waals surface area (Å²) in [6, 6.07) is 5.09. The highest BCUT2D eigenvalue weighted by Gasteiger charge is 2.22. The monoisotopic (exact) mass is 475 g/mol. The molecule has 0 fully saturated rings. The first-order chi connectivity index (χ1) is 15.5. The van der Waals surface area contributed by atoms with Crippen LogP contribution in [0, 0.1) is 5.92 Å². The number of carbonyl (C=O) groups excluding carboxylic acids is 1. The Hall–Kier alpha value is -2.49. The highest BCUT2D eigenvalue weighted by atomic mass is 32.2. The number of benzene rings is 1. The van der Waals surface area contributed by atoms with Gasteiger partial charge in [-0.15, -0.1) is 13.2 Å². The average molecular weight is 476 g/mol. The molecule has 1 atom stereocenters. The van der Waals surface area contributed by atoms with Crippen molar-refractivity contribution in [1.82, 2.24) is 24.1 Å². The van der Waals surface area contributed by atoms with Crippen LogP contribution >= 0.6 is 0 Å². The SMILES string of the molecule is C=CCN(CC=C)[C@@H](CNC(=O)CCc1nc2cc(S(=O)(=O)N(C)C)ccc2n1C)C(C)C. The van der Waals surface area contributed by atoms with Crippen molar-refractivity contribution in [2.75, 3.05) is 33.7 Å². The summed E-state index contributed by atoms with van der Waals surface area (Å²) >= 11 is 0. The Kier molecular flexibility index (Phi) is 9.39. The van der Waals surface area contributed by atoms with Gasteiger partial charge in [0.15, 0.2) is 0 Å². The van der Waals surface area contributed by atoms with Crippen molar-refractivity contribution in [3.8, 4) is 0 Å². The number of aryl methyl sites for hydroxylation is 2. The second-order valence-electron chi connectivity index (χ2n) is 8.67. The lowest BCUT2D eigenvalue weighted by atomic mass is 10.0. The number of hydrogen-bond donors (Lipinski definition) is 1. The van der Waals surface area contributed by atoms with E-state index in [-0.39, 0.29) is 16.8 Å². The molecule has 1 aromatic carbocycles. The molecule has 1 amide bonds. The maximum atomic E-state index is 12.6. The van der Waals surface area contributed by atoms with Gasteiger partial charge in [0.25, 0.3) is 0 Å². The number of carbonyl (C=O) groups is 1. The number of imidazole rings is 1. The summed E-state index contributed by atoms with van der Waals surface area (Å²) in [6.07, 6.45) is 4.49. The molecule has 8 nitrogen and oxygen atoms in total. The molecule has 1 heterocycles. The van der Waals surface area contributed by atoms with Gasteiger partial charge in [-0.25, -0.2) is 17.7 Å². The predicted octanol–water partition coefficient (Wildman–Crippen LogP) is 2.57. The van der Waals surface area contributed by atoms with Gasteiger partial charge in [-0.1, -0.05) is 26.0 Å². The van der Waals surface area contributed by atoms with Crippen molar-refractivity contribution in [2.24, 2.45) is 13.0 Å². The van der Waals surface area contributed by atoms with Crippen LogP contribution in [-0.2, 0) is 28.3 Å². The minimum Gasteiger partial charge on any atom is -0.355 e. The van der Waals surface area contributed by atoms with Crippen molar-refractivity contribution in [1.29, 1.82) is 0 Å². The normalized spacial score (nSPS) is 13.1. The molecule has 1 aromatic heterocycles. The summed E-state index contributed by atoms with van der Waals surface area (Å²) in [5, 5.41) is 3.06. The molecule has 9 heteroatoms. The molecule has 0 radical (unpaired) electrons. The van der Waals surface area contributed by atoms with Crippen LogP contribution in [0.2, 0.25) is 0 Å². The molecule has 0 spiro atoms. The topological polar surface area (TPSA) is 87.5 Å². The first-order valence-electron chi connectivity index (χ1n) is 11.1. The summed E-state index contributed by atoms with van der Waals surface area (Å²) in [5.74, 6) is 1.05. The van der Waals surface area contributed by atoms with Crippen LogP contribution in [0.5, 0.6) is 0 Å². The first-order valence-corrected chi connectivity index (χ1v) is 12.6. The maximum absolute atomic E-state index is 12.6. The fourth-order valence-electron chi connectivity index (χ4n) is 3.82. The third-order valence-electron chi connectivity index (χ3n) is 5.77. The highest BCUT2D eigenvalue weighted by Crippen LogP contribution is 2.22. The summed E-state index contributed by atoms with van der Waals surface area (Å²) in [6.45, 7) is 13.9. The lowest BCUT2D eigenvalue weighted by Crippen LogP contribution is -2.47. The van der Waals surface area contributed by atoms with E-state index in [4.69, 9.17) is 0 Å². The van der Waals surface area contributed by atoms with Crippen molar-refractivity contribution in [3.63, 3.8) is 0 Å². The molecule has 2 aromatic rings. The van der Waals surface area contributed by atoms with Crippen LogP contribution in [-0.4, -0.2) is 72.9 Å². The largest absolute Gasteiger partial charge is 0.355 e. The molecular formula is C24H37N5O3S. The summed E-state index contributed by atoms with van der Waals surface area (Å²) in [7, 11) is 1.34. The number of aromatic nitrogens is 2. The number of rotatable bonds is 13. The van der Waals surface area contributed by atoms with Crippen molar-refractivity contribution in [3.05, 3.63) is 49.3 Å². The van der Waals surface area contributed by atoms with Gasteiger partial charge in [-0.05, 0) is 24.1 Å². The minimum absolute atomic E-state index is 0.0410. The Balaban J connectivity index is 2.07. The van der Waals surface area contributed by atoms with Gasteiger partial charge >= 0.3 is 0 Å². The van der Waals surface area contributed by atoms with Crippen molar-refractivity contribution < 1.29 is 13.2 Å². The first kappa shape index (κ1) is 26.8. The number of nitrogens with zero attached hydrogens (tertiary/aromatic N) is 4. The molecule has 0 saturated carbocycles. The molecule has 0 saturated heterocycles. The summed E-state index contributed by atoms with van der Waals surface area (Å²) in [5.41, 5.74) is 1.42. The van der Waals surface area contributed by atoms with Gasteiger partial charge < -0.3 is 9.88 Å². The molecule has 0 unspecified atom stereocenters. The van der Waals surface area contributed by atoms with Gasteiger partial charge in [0, 0.05) is 59.7 Å². The van der Waals surface area contributed by atoms with Crippen LogP contribution in [0.4, 0.5) is 0 Å². The van der Waals surface area contributed by atoms with E-state index in [1.54, 1.807) is 18.2 Å². The van der Waals surface area contributed by atoms with E-state index in [2.05, 4.69) is 42.2 Å². The summed E-state index contributed by atoms with van der Waals surface area (Å²) < 4.78 is 27.9. The Morgan fingerprint density at radius 3 is 2.39 bits per heavy atom. The smallest absolute Gasteiger partial charge is 0.242 e. The Labute approximate surface area is 198 Å². The molecule has 0 bridgehead atoms. The molecule has 2 rings (SSSR count). The number of hydrogen-bond acceptors (Lipinski definition) is 5. The van der Waals surface area contributed by atoms with E-state index in [1.807, 2.05) is 23.8 Å². The minimum atomic E-state index is -3.53. The van der Waals surface area contributed by atoms with E-state index in [0.717, 1.165) is 24.4 Å². The zero-order chi connectivity index (χ0) is 24.8. The standard InChI is InChI=1S/C24H37N5O3S/c1-8-14-29(15-9-2)22(18(3)4)17-25-24(30)13-12-23-26-20-16-19(33(31,32)27(5)6)10-11-21(20)28(23)7/h8-11,16,18,22H,1-2,12-15,17H2,3-7H3,(H,25,30)/t22-/m0/s1. The number of amides is 1. The quantitative estimate of drug-likeness (QED) is 0.450. The average Bonchev–Trinajstić information content (AvgIpc) is 3.07. The molecule has 0 aliphatic carbocycles. The van der Waals surface area contributed by atoms with Crippen LogP contribution in [0.25, 0.3) is 11.0 Å². The van der Waals surface area contributed by atoms with Gasteiger partial charge in [0.1, 0.15) is 5.82 Å². The fraction of sp³-hybridized carbons (Fsp3) is 0.500. The highest BCUT2D eigenvalue weighted by molar-refractivity contribution is 7.89. The molecule has 182 valence electrons. The van der Waals surface area contributed by atoms with E-state index in [0.29, 0.717) is 30.8 Å². The van der Waals surface area contributed by atoms with Crippen molar-refractivity contribution in [2.45, 2.75) is 37.6 Å². The van der Waals surface area contributed by atoms with Crippen LogP contribution in [0.15, 0.2) is 48.4 Å². The Bertz CT molecular complexity index is 1080. The molecule has 0 aliphatic rings. The van der Waals surface area contributed by atoms with Gasteiger partial charge in [0.05, 0.1) is 15.9 Å². The van der Waals surface area contributed by atoms with Crippen molar-refractivity contribution >= 4 is 27.0 Å². The molecule has 0 aliphatic heterocycles. The van der Waals surface area contributed by atoms with Crippen LogP contribution in [0.3, 0.4) is 0 Å². The third-order valence-corrected chi connectivity index (χ3v) is 7.58.